The van der Waals surface area contributed by atoms with E-state index in [2.05, 4.69) is 10.3 Å². The van der Waals surface area contributed by atoms with Gasteiger partial charge in [-0.05, 0) is 31.4 Å². The van der Waals surface area contributed by atoms with E-state index in [1.807, 2.05) is 19.1 Å². The summed E-state index contributed by atoms with van der Waals surface area (Å²) in [6, 6.07) is 3.74. The highest BCUT2D eigenvalue weighted by Crippen LogP contribution is 2.31. The van der Waals surface area contributed by atoms with Gasteiger partial charge in [-0.3, -0.25) is 14.6 Å². The first kappa shape index (κ1) is 16.4. The molecule has 120 valence electrons. The summed E-state index contributed by atoms with van der Waals surface area (Å²) in [6.45, 7) is 3.40. The van der Waals surface area contributed by atoms with Gasteiger partial charge in [0.15, 0.2) is 0 Å². The lowest BCUT2D eigenvalue weighted by Gasteiger charge is -2.34. The average molecular weight is 305 g/mol. The fraction of sp³-hybridized carbons (Fsp3) is 0.562. The summed E-state index contributed by atoms with van der Waals surface area (Å²) in [7, 11) is 1.63. The minimum Gasteiger partial charge on any atom is -0.385 e. The van der Waals surface area contributed by atoms with E-state index < -0.39 is 5.54 Å². The number of methoxy groups -OCH3 is 1. The van der Waals surface area contributed by atoms with Gasteiger partial charge in [-0.15, -0.1) is 0 Å². The fourth-order valence-corrected chi connectivity index (χ4v) is 2.68. The molecule has 1 unspecified atom stereocenters. The van der Waals surface area contributed by atoms with Crippen LogP contribution in [-0.4, -0.2) is 47.5 Å². The summed E-state index contributed by atoms with van der Waals surface area (Å²) >= 11 is 0. The van der Waals surface area contributed by atoms with Crippen molar-refractivity contribution in [1.82, 2.24) is 15.2 Å². The van der Waals surface area contributed by atoms with Crippen molar-refractivity contribution in [1.29, 1.82) is 0 Å². The Morgan fingerprint density at radius 3 is 3.05 bits per heavy atom. The number of carbonyl (C=O) groups excluding carboxylic acids is 2. The SMILES string of the molecule is COCCCNC(=O)C1(C)CCC(=O)N1Cc1cccnc1. The Bertz CT molecular complexity index is 521. The van der Waals surface area contributed by atoms with Gasteiger partial charge in [0.25, 0.3) is 0 Å². The number of aromatic nitrogens is 1. The van der Waals surface area contributed by atoms with Gasteiger partial charge < -0.3 is 15.0 Å². The van der Waals surface area contributed by atoms with Crippen LogP contribution in [0.2, 0.25) is 0 Å². The minimum atomic E-state index is -0.792. The third-order valence-electron chi connectivity index (χ3n) is 4.09. The van der Waals surface area contributed by atoms with E-state index in [4.69, 9.17) is 4.74 Å². The Kier molecular flexibility index (Phi) is 5.49. The highest BCUT2D eigenvalue weighted by atomic mass is 16.5. The molecule has 0 radical (unpaired) electrons. The lowest BCUT2D eigenvalue weighted by molar-refractivity contribution is -0.141. The summed E-state index contributed by atoms with van der Waals surface area (Å²) < 4.78 is 4.97. The van der Waals surface area contributed by atoms with Crippen LogP contribution in [0.25, 0.3) is 0 Å². The highest BCUT2D eigenvalue weighted by molar-refractivity contribution is 5.94. The number of carbonyl (C=O) groups is 2. The Hall–Kier alpha value is -1.95. The minimum absolute atomic E-state index is 0.0124. The van der Waals surface area contributed by atoms with Gasteiger partial charge in [-0.25, -0.2) is 0 Å². The standard InChI is InChI=1S/C16H23N3O3/c1-16(15(21)18-9-4-10-22-2)7-6-14(20)19(16)12-13-5-3-8-17-11-13/h3,5,8,11H,4,6-7,9-10,12H2,1-2H3,(H,18,21). The number of nitrogens with zero attached hydrogens (tertiary/aromatic N) is 2. The molecule has 1 N–H and O–H groups in total. The van der Waals surface area contributed by atoms with Crippen molar-refractivity contribution < 1.29 is 14.3 Å². The zero-order chi connectivity index (χ0) is 16.0. The highest BCUT2D eigenvalue weighted by Gasteiger charge is 2.46. The van der Waals surface area contributed by atoms with Crippen LogP contribution >= 0.6 is 0 Å². The molecular formula is C16H23N3O3. The smallest absolute Gasteiger partial charge is 0.245 e. The number of ether oxygens (including phenoxy) is 1. The number of hydrogen-bond donors (Lipinski definition) is 1. The average Bonchev–Trinajstić information content (AvgIpc) is 2.82. The predicted octanol–water partition coefficient (Wildman–Crippen LogP) is 1.12. The Balaban J connectivity index is 2.03. The summed E-state index contributed by atoms with van der Waals surface area (Å²) in [5.74, 6) is -0.0864. The molecule has 0 spiro atoms. The lowest BCUT2D eigenvalue weighted by atomic mass is 9.97. The van der Waals surface area contributed by atoms with E-state index in [1.165, 1.54) is 0 Å². The molecule has 2 heterocycles. The molecule has 2 rings (SSSR count). The summed E-state index contributed by atoms with van der Waals surface area (Å²) in [6.07, 6.45) is 5.12. The second-order valence-corrected chi connectivity index (χ2v) is 5.72. The number of hydrogen-bond acceptors (Lipinski definition) is 4. The molecule has 1 aliphatic rings. The molecule has 1 aliphatic heterocycles. The first-order chi connectivity index (χ1) is 10.6. The number of amides is 2. The largest absolute Gasteiger partial charge is 0.385 e. The van der Waals surface area contributed by atoms with Gasteiger partial charge >= 0.3 is 0 Å². The number of likely N-dealkylation sites (tertiary alicyclic amines) is 1. The van der Waals surface area contributed by atoms with E-state index in [-0.39, 0.29) is 11.8 Å². The maximum atomic E-state index is 12.5. The monoisotopic (exact) mass is 305 g/mol. The van der Waals surface area contributed by atoms with E-state index in [0.29, 0.717) is 32.5 Å². The Labute approximate surface area is 130 Å². The second kappa shape index (κ2) is 7.35. The lowest BCUT2D eigenvalue weighted by Crippen LogP contribution is -2.54. The summed E-state index contributed by atoms with van der Waals surface area (Å²) in [4.78, 5) is 30.4. The van der Waals surface area contributed by atoms with Gasteiger partial charge in [-0.2, -0.15) is 0 Å². The third-order valence-corrected chi connectivity index (χ3v) is 4.09. The van der Waals surface area contributed by atoms with Gasteiger partial charge in [0.05, 0.1) is 0 Å². The van der Waals surface area contributed by atoms with Crippen LogP contribution in [0.15, 0.2) is 24.5 Å². The van der Waals surface area contributed by atoms with E-state index >= 15 is 0 Å². The summed E-state index contributed by atoms with van der Waals surface area (Å²) in [5, 5.41) is 2.91. The van der Waals surface area contributed by atoms with Crippen molar-refractivity contribution in [2.75, 3.05) is 20.3 Å². The van der Waals surface area contributed by atoms with E-state index in [9.17, 15) is 9.59 Å². The molecule has 6 heteroatoms. The van der Waals surface area contributed by atoms with Crippen LogP contribution in [-0.2, 0) is 20.9 Å². The maximum Gasteiger partial charge on any atom is 0.245 e. The van der Waals surface area contributed by atoms with Crippen molar-refractivity contribution in [2.24, 2.45) is 0 Å². The van der Waals surface area contributed by atoms with Gasteiger partial charge in [-0.1, -0.05) is 6.07 Å². The van der Waals surface area contributed by atoms with Gasteiger partial charge in [0.2, 0.25) is 11.8 Å². The molecule has 1 saturated heterocycles. The molecule has 1 aromatic heterocycles. The number of nitrogens with one attached hydrogen (secondary N) is 1. The van der Waals surface area contributed by atoms with Crippen LogP contribution < -0.4 is 5.32 Å². The van der Waals surface area contributed by atoms with Crippen LogP contribution in [0.1, 0.15) is 31.7 Å². The predicted molar refractivity (Wildman–Crippen MR) is 81.9 cm³/mol. The molecule has 1 atom stereocenters. The van der Waals surface area contributed by atoms with Crippen molar-refractivity contribution in [2.45, 2.75) is 38.3 Å². The Morgan fingerprint density at radius 2 is 2.36 bits per heavy atom. The molecule has 22 heavy (non-hydrogen) atoms. The second-order valence-electron chi connectivity index (χ2n) is 5.72. The molecule has 0 bridgehead atoms. The molecule has 6 nitrogen and oxygen atoms in total. The van der Waals surface area contributed by atoms with Crippen molar-refractivity contribution in [3.05, 3.63) is 30.1 Å². The first-order valence-electron chi connectivity index (χ1n) is 7.54. The normalized spacial score (nSPS) is 21.2. The molecule has 2 amide bonds. The zero-order valence-corrected chi connectivity index (χ0v) is 13.2. The number of rotatable bonds is 7. The van der Waals surface area contributed by atoms with Crippen molar-refractivity contribution in [3.63, 3.8) is 0 Å². The van der Waals surface area contributed by atoms with Gasteiger partial charge in [0.1, 0.15) is 5.54 Å². The molecule has 0 saturated carbocycles. The van der Waals surface area contributed by atoms with E-state index in [1.54, 1.807) is 24.4 Å². The Morgan fingerprint density at radius 1 is 1.55 bits per heavy atom. The van der Waals surface area contributed by atoms with Crippen molar-refractivity contribution in [3.8, 4) is 0 Å². The number of pyridine rings is 1. The fourth-order valence-electron chi connectivity index (χ4n) is 2.68. The molecule has 1 aromatic rings. The third kappa shape index (κ3) is 3.62. The topological polar surface area (TPSA) is 71.5 Å². The zero-order valence-electron chi connectivity index (χ0n) is 13.2. The van der Waals surface area contributed by atoms with Crippen molar-refractivity contribution >= 4 is 11.8 Å². The van der Waals surface area contributed by atoms with Crippen LogP contribution in [0, 0.1) is 0 Å². The first-order valence-corrected chi connectivity index (χ1v) is 7.54. The van der Waals surface area contributed by atoms with E-state index in [0.717, 1.165) is 12.0 Å². The molecule has 0 aliphatic carbocycles. The van der Waals surface area contributed by atoms with Crippen LogP contribution in [0.4, 0.5) is 0 Å². The van der Waals surface area contributed by atoms with Gasteiger partial charge in [0, 0.05) is 45.6 Å². The van der Waals surface area contributed by atoms with Crippen LogP contribution in [0.5, 0.6) is 0 Å². The molecular weight excluding hydrogens is 282 g/mol. The maximum absolute atomic E-state index is 12.5. The van der Waals surface area contributed by atoms with Crippen LogP contribution in [0.3, 0.4) is 0 Å². The molecule has 0 aromatic carbocycles. The quantitative estimate of drug-likeness (QED) is 0.766. The summed E-state index contributed by atoms with van der Waals surface area (Å²) in [5.41, 5.74) is 0.135. The molecule has 1 fully saturated rings.